The first-order chi connectivity index (χ1) is 14.1. The maximum atomic E-state index is 13.3. The van der Waals surface area contributed by atoms with E-state index in [9.17, 15) is 9.59 Å². The number of nitrogens with zero attached hydrogens (tertiary/aromatic N) is 1. The summed E-state index contributed by atoms with van der Waals surface area (Å²) in [7, 11) is 0. The van der Waals surface area contributed by atoms with Crippen molar-refractivity contribution in [2.45, 2.75) is 51.1 Å². The van der Waals surface area contributed by atoms with Crippen molar-refractivity contribution in [2.75, 3.05) is 13.1 Å². The summed E-state index contributed by atoms with van der Waals surface area (Å²) in [6, 6.07) is 12.7. The van der Waals surface area contributed by atoms with E-state index in [0.717, 1.165) is 44.3 Å². The third-order valence-electron chi connectivity index (χ3n) is 7.15. The fourth-order valence-electron chi connectivity index (χ4n) is 5.86. The van der Waals surface area contributed by atoms with E-state index in [0.29, 0.717) is 24.0 Å². The van der Waals surface area contributed by atoms with Crippen LogP contribution in [0.2, 0.25) is 0 Å². The van der Waals surface area contributed by atoms with Crippen molar-refractivity contribution in [3.63, 3.8) is 0 Å². The Balaban J connectivity index is 1.31. The molecule has 3 fully saturated rings. The highest BCUT2D eigenvalue weighted by atomic mass is 16.4. The molecule has 1 amide bonds. The Kier molecular flexibility index (Phi) is 4.78. The summed E-state index contributed by atoms with van der Waals surface area (Å²) in [5.41, 5.74) is 1.79. The number of benzene rings is 1. The molecule has 2 aromatic rings. The van der Waals surface area contributed by atoms with Gasteiger partial charge in [-0.2, -0.15) is 0 Å². The summed E-state index contributed by atoms with van der Waals surface area (Å²) in [6.45, 7) is 3.85. The van der Waals surface area contributed by atoms with Crippen molar-refractivity contribution in [3.8, 4) is 0 Å². The van der Waals surface area contributed by atoms with Gasteiger partial charge in [-0.25, -0.2) is 4.79 Å². The quantitative estimate of drug-likeness (QED) is 0.850. The minimum Gasteiger partial charge on any atom is -0.427 e. The number of carbonyl (C=O) groups is 1. The van der Waals surface area contributed by atoms with Crippen molar-refractivity contribution in [1.29, 1.82) is 0 Å². The second kappa shape index (κ2) is 7.45. The molecule has 1 aromatic carbocycles. The van der Waals surface area contributed by atoms with Gasteiger partial charge in [0.2, 0.25) is 0 Å². The summed E-state index contributed by atoms with van der Waals surface area (Å²) in [5.74, 6) is 1.64. The van der Waals surface area contributed by atoms with Gasteiger partial charge >= 0.3 is 5.63 Å². The molecule has 1 N–H and O–H groups in total. The Labute approximate surface area is 171 Å². The highest BCUT2D eigenvalue weighted by molar-refractivity contribution is 5.96. The van der Waals surface area contributed by atoms with Gasteiger partial charge in [0.1, 0.15) is 11.3 Å². The molecule has 0 radical (unpaired) electrons. The predicted octanol–water partition coefficient (Wildman–Crippen LogP) is 2.95. The van der Waals surface area contributed by atoms with Crippen molar-refractivity contribution in [3.05, 3.63) is 69.3 Å². The lowest BCUT2D eigenvalue weighted by Gasteiger charge is -2.25. The van der Waals surface area contributed by atoms with Crippen LogP contribution in [0.25, 0.3) is 0 Å². The van der Waals surface area contributed by atoms with Crippen LogP contribution >= 0.6 is 0 Å². The van der Waals surface area contributed by atoms with Crippen LogP contribution in [0.15, 0.2) is 45.6 Å². The molecule has 2 bridgehead atoms. The maximum Gasteiger partial charge on any atom is 0.349 e. The van der Waals surface area contributed by atoms with E-state index in [1.54, 1.807) is 0 Å². The molecule has 3 aliphatic rings. The molecule has 3 aliphatic heterocycles. The largest absolute Gasteiger partial charge is 0.427 e. The second-order valence-electron chi connectivity index (χ2n) is 8.81. The van der Waals surface area contributed by atoms with Crippen molar-refractivity contribution >= 4 is 5.91 Å². The zero-order chi connectivity index (χ0) is 20.0. The number of fused-ring (bicyclic) bond motifs is 5. The van der Waals surface area contributed by atoms with E-state index in [2.05, 4.69) is 17.4 Å². The van der Waals surface area contributed by atoms with Crippen LogP contribution in [-0.2, 0) is 12.8 Å². The molecule has 4 atom stereocenters. The minimum atomic E-state index is -0.473. The maximum absolute atomic E-state index is 13.3. The summed E-state index contributed by atoms with van der Waals surface area (Å²) >= 11 is 0. The zero-order valence-corrected chi connectivity index (χ0v) is 16.9. The van der Waals surface area contributed by atoms with Crippen LogP contribution < -0.4 is 10.9 Å². The van der Waals surface area contributed by atoms with E-state index in [1.807, 2.05) is 36.1 Å². The molecule has 5 heteroatoms. The SMILES string of the molecule is Cc1cc(CCCc2ccccc2)oc(=O)c1C(=O)N1[C@@H]2CC[C@H]1[C@H]1CNC[C@H]12. The molecule has 0 unspecified atom stereocenters. The minimum absolute atomic E-state index is 0.117. The Morgan fingerprint density at radius 2 is 1.79 bits per heavy atom. The number of aryl methyl sites for hydroxylation is 3. The Bertz CT molecular complexity index is 950. The van der Waals surface area contributed by atoms with Crippen molar-refractivity contribution in [1.82, 2.24) is 10.2 Å². The third kappa shape index (κ3) is 3.21. The molecule has 29 heavy (non-hydrogen) atoms. The molecule has 5 nitrogen and oxygen atoms in total. The van der Waals surface area contributed by atoms with Crippen LogP contribution in [0, 0.1) is 18.8 Å². The Hall–Kier alpha value is -2.40. The number of amides is 1. The fourth-order valence-corrected chi connectivity index (χ4v) is 5.86. The number of nitrogens with one attached hydrogen (secondary N) is 1. The highest BCUT2D eigenvalue weighted by Crippen LogP contribution is 2.47. The number of hydrogen-bond donors (Lipinski definition) is 1. The van der Waals surface area contributed by atoms with E-state index < -0.39 is 5.63 Å². The van der Waals surface area contributed by atoms with Crippen LogP contribution in [0.3, 0.4) is 0 Å². The monoisotopic (exact) mass is 392 g/mol. The van der Waals surface area contributed by atoms with Gasteiger partial charge in [0.05, 0.1) is 0 Å². The summed E-state index contributed by atoms with van der Waals surface area (Å²) < 4.78 is 5.58. The predicted molar refractivity (Wildman–Crippen MR) is 111 cm³/mol. The second-order valence-corrected chi connectivity index (χ2v) is 8.81. The summed E-state index contributed by atoms with van der Waals surface area (Å²) in [5, 5.41) is 3.47. The average Bonchev–Trinajstić information content (AvgIpc) is 3.41. The van der Waals surface area contributed by atoms with E-state index >= 15 is 0 Å². The third-order valence-corrected chi connectivity index (χ3v) is 7.15. The van der Waals surface area contributed by atoms with E-state index in [4.69, 9.17) is 4.42 Å². The Morgan fingerprint density at radius 1 is 1.10 bits per heavy atom. The van der Waals surface area contributed by atoms with Gasteiger partial charge in [0.25, 0.3) is 5.91 Å². The van der Waals surface area contributed by atoms with E-state index in [1.165, 1.54) is 5.56 Å². The molecule has 3 saturated heterocycles. The molecular weight excluding hydrogens is 364 g/mol. The molecule has 0 saturated carbocycles. The molecule has 1 aromatic heterocycles. The average molecular weight is 392 g/mol. The standard InChI is InChI=1S/C24H28N2O3/c1-15-12-17(9-5-8-16-6-3-2-4-7-16)29-24(28)22(15)23(27)26-20-10-11-21(26)19-14-25-13-18(19)20/h2-4,6-7,12,18-21,25H,5,8-11,13-14H2,1H3/t18-,19+,20-,21+. The lowest BCUT2D eigenvalue weighted by Crippen LogP contribution is -2.41. The Morgan fingerprint density at radius 3 is 2.45 bits per heavy atom. The van der Waals surface area contributed by atoms with Gasteiger partial charge in [-0.05, 0) is 61.6 Å². The van der Waals surface area contributed by atoms with Gasteiger partial charge in [-0.3, -0.25) is 4.79 Å². The highest BCUT2D eigenvalue weighted by Gasteiger charge is 2.56. The zero-order valence-electron chi connectivity index (χ0n) is 16.9. The molecular formula is C24H28N2O3. The number of rotatable bonds is 5. The van der Waals surface area contributed by atoms with E-state index in [-0.39, 0.29) is 23.6 Å². The molecule has 5 rings (SSSR count). The van der Waals surface area contributed by atoms with Gasteiger partial charge in [-0.1, -0.05) is 30.3 Å². The fraction of sp³-hybridized carbons (Fsp3) is 0.500. The van der Waals surface area contributed by atoms with Crippen molar-refractivity contribution < 1.29 is 9.21 Å². The summed E-state index contributed by atoms with van der Waals surface area (Å²) in [6.07, 6.45) is 4.66. The lowest BCUT2D eigenvalue weighted by molar-refractivity contribution is 0.0703. The first-order valence-corrected chi connectivity index (χ1v) is 10.8. The number of hydrogen-bond acceptors (Lipinski definition) is 4. The molecule has 0 spiro atoms. The van der Waals surface area contributed by atoms with Crippen LogP contribution in [0.5, 0.6) is 0 Å². The van der Waals surface area contributed by atoms with Crippen LogP contribution in [-0.4, -0.2) is 36.0 Å². The molecule has 0 aliphatic carbocycles. The lowest BCUT2D eigenvalue weighted by atomic mass is 9.82. The molecule has 4 heterocycles. The van der Waals surface area contributed by atoms with Crippen LogP contribution in [0.4, 0.5) is 0 Å². The van der Waals surface area contributed by atoms with Crippen LogP contribution in [0.1, 0.15) is 46.5 Å². The first-order valence-electron chi connectivity index (χ1n) is 10.8. The van der Waals surface area contributed by atoms with Gasteiger partial charge < -0.3 is 14.6 Å². The van der Waals surface area contributed by atoms with Gasteiger partial charge in [0.15, 0.2) is 0 Å². The molecule has 152 valence electrons. The van der Waals surface area contributed by atoms with Crippen molar-refractivity contribution in [2.24, 2.45) is 11.8 Å². The summed E-state index contributed by atoms with van der Waals surface area (Å²) in [4.78, 5) is 28.1. The van der Waals surface area contributed by atoms with Gasteiger partial charge in [-0.15, -0.1) is 0 Å². The van der Waals surface area contributed by atoms with Gasteiger partial charge in [0, 0.05) is 31.6 Å². The first kappa shape index (κ1) is 18.6. The number of carbonyl (C=O) groups excluding carboxylic acids is 1. The normalized spacial score (nSPS) is 27.4. The topological polar surface area (TPSA) is 62.6 Å². The smallest absolute Gasteiger partial charge is 0.349 e.